The molecule has 0 saturated heterocycles. The number of rotatable bonds is 6. The van der Waals surface area contributed by atoms with Crippen LogP contribution in [0, 0.1) is 5.92 Å². The van der Waals surface area contributed by atoms with Gasteiger partial charge < -0.3 is 9.47 Å². The molecule has 0 radical (unpaired) electrons. The highest BCUT2D eigenvalue weighted by atomic mass is 16.5. The van der Waals surface area contributed by atoms with Crippen LogP contribution < -0.4 is 0 Å². The number of carbonyl (C=O) groups is 2. The maximum Gasteiger partial charge on any atom is 0.306 e. The molecule has 98 valence electrons. The van der Waals surface area contributed by atoms with E-state index >= 15 is 0 Å². The minimum Gasteiger partial charge on any atom is -0.469 e. The predicted molar refractivity (Wildman–Crippen MR) is 67.3 cm³/mol. The largest absolute Gasteiger partial charge is 0.469 e. The molecule has 0 fully saturated rings. The summed E-state index contributed by atoms with van der Waals surface area (Å²) in [6.07, 6.45) is 0.101. The van der Waals surface area contributed by atoms with Crippen molar-refractivity contribution in [2.24, 2.45) is 5.92 Å². The fourth-order valence-electron chi connectivity index (χ4n) is 1.69. The number of ketones is 1. The molecule has 0 saturated carbocycles. The summed E-state index contributed by atoms with van der Waals surface area (Å²) < 4.78 is 9.58. The van der Waals surface area contributed by atoms with Gasteiger partial charge in [-0.3, -0.25) is 9.59 Å². The number of esters is 1. The van der Waals surface area contributed by atoms with Crippen molar-refractivity contribution in [1.82, 2.24) is 0 Å². The van der Waals surface area contributed by atoms with E-state index in [4.69, 9.17) is 4.74 Å². The molecule has 0 heterocycles. The Bertz CT molecular complexity index is 426. The summed E-state index contributed by atoms with van der Waals surface area (Å²) in [6, 6.07) is 7.24. The summed E-state index contributed by atoms with van der Waals surface area (Å²) in [4.78, 5) is 23.2. The monoisotopic (exact) mass is 250 g/mol. The van der Waals surface area contributed by atoms with Gasteiger partial charge in [0.05, 0.1) is 20.1 Å². The van der Waals surface area contributed by atoms with Crippen molar-refractivity contribution in [2.75, 3.05) is 14.2 Å². The first-order valence-corrected chi connectivity index (χ1v) is 5.77. The van der Waals surface area contributed by atoms with Crippen LogP contribution in [0.2, 0.25) is 0 Å². The highest BCUT2D eigenvalue weighted by Gasteiger charge is 2.19. The first kappa shape index (κ1) is 14.4. The van der Waals surface area contributed by atoms with Crippen molar-refractivity contribution < 1.29 is 19.1 Å². The minimum absolute atomic E-state index is 0.0571. The molecule has 0 aliphatic carbocycles. The second-order valence-corrected chi connectivity index (χ2v) is 4.18. The van der Waals surface area contributed by atoms with Gasteiger partial charge in [-0.2, -0.15) is 0 Å². The van der Waals surface area contributed by atoms with Crippen molar-refractivity contribution in [1.29, 1.82) is 0 Å². The zero-order valence-corrected chi connectivity index (χ0v) is 10.9. The number of benzene rings is 1. The number of methoxy groups -OCH3 is 2. The standard InChI is InChI=1S/C14H18O4/c1-10(7-13(15)18-3)14(16)12-6-4-5-11(8-12)9-17-2/h4-6,8,10H,7,9H2,1-3H3. The topological polar surface area (TPSA) is 52.6 Å². The third-order valence-electron chi connectivity index (χ3n) is 2.67. The summed E-state index contributed by atoms with van der Waals surface area (Å²) in [5.74, 6) is -0.808. The van der Waals surface area contributed by atoms with Crippen molar-refractivity contribution in [2.45, 2.75) is 20.0 Å². The lowest BCUT2D eigenvalue weighted by atomic mass is 9.95. The van der Waals surface area contributed by atoms with Gasteiger partial charge in [-0.15, -0.1) is 0 Å². The van der Waals surface area contributed by atoms with Crippen LogP contribution in [0.25, 0.3) is 0 Å². The van der Waals surface area contributed by atoms with Crippen LogP contribution in [0.3, 0.4) is 0 Å². The number of ether oxygens (including phenoxy) is 2. The summed E-state index contributed by atoms with van der Waals surface area (Å²) in [5.41, 5.74) is 1.54. The van der Waals surface area contributed by atoms with Gasteiger partial charge in [0, 0.05) is 18.6 Å². The van der Waals surface area contributed by atoms with E-state index in [2.05, 4.69) is 4.74 Å². The Hall–Kier alpha value is -1.68. The average molecular weight is 250 g/mol. The Morgan fingerprint density at radius 2 is 2.00 bits per heavy atom. The minimum atomic E-state index is -0.379. The quantitative estimate of drug-likeness (QED) is 0.574. The molecule has 0 aliphatic heterocycles. The summed E-state index contributed by atoms with van der Waals surface area (Å²) in [5, 5.41) is 0. The molecule has 0 amide bonds. The van der Waals surface area contributed by atoms with Crippen LogP contribution in [-0.4, -0.2) is 26.0 Å². The summed E-state index contributed by atoms with van der Waals surface area (Å²) >= 11 is 0. The Morgan fingerprint density at radius 3 is 2.61 bits per heavy atom. The molecule has 1 atom stereocenters. The van der Waals surface area contributed by atoms with E-state index < -0.39 is 0 Å². The van der Waals surface area contributed by atoms with Gasteiger partial charge in [0.2, 0.25) is 0 Å². The Morgan fingerprint density at radius 1 is 1.28 bits per heavy atom. The molecule has 18 heavy (non-hydrogen) atoms. The van der Waals surface area contributed by atoms with Gasteiger partial charge in [0.25, 0.3) is 0 Å². The molecular weight excluding hydrogens is 232 g/mol. The van der Waals surface area contributed by atoms with Crippen molar-refractivity contribution in [3.05, 3.63) is 35.4 Å². The molecule has 4 nitrogen and oxygen atoms in total. The smallest absolute Gasteiger partial charge is 0.306 e. The third-order valence-corrected chi connectivity index (χ3v) is 2.67. The molecule has 1 unspecified atom stereocenters. The summed E-state index contributed by atoms with van der Waals surface area (Å²) in [7, 11) is 2.92. The Kier molecular flexibility index (Phi) is 5.52. The van der Waals surface area contributed by atoms with Crippen LogP contribution in [0.5, 0.6) is 0 Å². The molecule has 0 aliphatic rings. The normalized spacial score (nSPS) is 11.9. The maximum atomic E-state index is 12.1. The lowest BCUT2D eigenvalue weighted by molar-refractivity contribution is -0.141. The van der Waals surface area contributed by atoms with Crippen LogP contribution in [-0.2, 0) is 20.9 Å². The second-order valence-electron chi connectivity index (χ2n) is 4.18. The number of carbonyl (C=O) groups excluding carboxylic acids is 2. The molecule has 0 N–H and O–H groups in total. The number of Topliss-reactive ketones (excluding diaryl/α,β-unsaturated/α-hetero) is 1. The zero-order valence-electron chi connectivity index (χ0n) is 10.9. The molecular formula is C14H18O4. The van der Waals surface area contributed by atoms with Crippen molar-refractivity contribution in [3.63, 3.8) is 0 Å². The van der Waals surface area contributed by atoms with Crippen molar-refractivity contribution >= 4 is 11.8 Å². The molecule has 1 aromatic carbocycles. The van der Waals surface area contributed by atoms with E-state index in [0.29, 0.717) is 12.2 Å². The predicted octanol–water partition coefficient (Wildman–Crippen LogP) is 2.21. The van der Waals surface area contributed by atoms with Crippen LogP contribution in [0.1, 0.15) is 29.3 Å². The zero-order chi connectivity index (χ0) is 13.5. The van der Waals surface area contributed by atoms with E-state index in [1.165, 1.54) is 7.11 Å². The fraction of sp³-hybridized carbons (Fsp3) is 0.429. The van der Waals surface area contributed by atoms with E-state index in [1.807, 2.05) is 12.1 Å². The van der Waals surface area contributed by atoms with Gasteiger partial charge >= 0.3 is 5.97 Å². The molecule has 1 rings (SSSR count). The first-order valence-electron chi connectivity index (χ1n) is 5.77. The molecule has 0 spiro atoms. The average Bonchev–Trinajstić information content (AvgIpc) is 2.38. The molecule has 0 bridgehead atoms. The van der Waals surface area contributed by atoms with E-state index in [1.54, 1.807) is 26.2 Å². The molecule has 0 aromatic heterocycles. The lowest BCUT2D eigenvalue weighted by Gasteiger charge is -2.10. The lowest BCUT2D eigenvalue weighted by Crippen LogP contribution is -2.16. The van der Waals surface area contributed by atoms with E-state index in [9.17, 15) is 9.59 Å². The van der Waals surface area contributed by atoms with Crippen LogP contribution in [0.4, 0.5) is 0 Å². The maximum absolute atomic E-state index is 12.1. The SMILES string of the molecule is COCc1cccc(C(=O)C(C)CC(=O)OC)c1. The van der Waals surface area contributed by atoms with Gasteiger partial charge in [-0.25, -0.2) is 0 Å². The Balaban J connectivity index is 2.76. The highest BCUT2D eigenvalue weighted by Crippen LogP contribution is 2.14. The Labute approximate surface area is 107 Å². The van der Waals surface area contributed by atoms with Crippen LogP contribution in [0.15, 0.2) is 24.3 Å². The van der Waals surface area contributed by atoms with E-state index in [0.717, 1.165) is 5.56 Å². The number of hydrogen-bond donors (Lipinski definition) is 0. The molecule has 4 heteroatoms. The van der Waals surface area contributed by atoms with Gasteiger partial charge in [0.15, 0.2) is 5.78 Å². The van der Waals surface area contributed by atoms with Gasteiger partial charge in [-0.1, -0.05) is 25.1 Å². The van der Waals surface area contributed by atoms with Gasteiger partial charge in [-0.05, 0) is 11.6 Å². The third kappa shape index (κ3) is 3.96. The highest BCUT2D eigenvalue weighted by molar-refractivity contribution is 5.99. The van der Waals surface area contributed by atoms with Crippen LogP contribution >= 0.6 is 0 Å². The first-order chi connectivity index (χ1) is 8.58. The van der Waals surface area contributed by atoms with E-state index in [-0.39, 0.29) is 24.1 Å². The summed E-state index contributed by atoms with van der Waals surface area (Å²) in [6.45, 7) is 2.19. The second kappa shape index (κ2) is 6.91. The fourth-order valence-corrected chi connectivity index (χ4v) is 1.69. The number of hydrogen-bond acceptors (Lipinski definition) is 4. The van der Waals surface area contributed by atoms with Crippen molar-refractivity contribution in [3.8, 4) is 0 Å². The van der Waals surface area contributed by atoms with Gasteiger partial charge in [0.1, 0.15) is 0 Å². The molecule has 1 aromatic rings.